The summed E-state index contributed by atoms with van der Waals surface area (Å²) in [6.45, 7) is 16.2. The minimum absolute atomic E-state index is 0.145. The van der Waals surface area contributed by atoms with Gasteiger partial charge >= 0.3 is 0 Å². The van der Waals surface area contributed by atoms with E-state index in [1.807, 2.05) is 38.2 Å². The fourth-order valence-corrected chi connectivity index (χ4v) is 4.49. The Bertz CT molecular complexity index is 693. The van der Waals surface area contributed by atoms with Crippen LogP contribution in [0.2, 0.25) is 0 Å². The average molecular weight is 387 g/mol. The Morgan fingerprint density at radius 2 is 1.14 bits per heavy atom. The normalized spacial score (nSPS) is 28.9. The topological polar surface area (TPSA) is 57.5 Å². The van der Waals surface area contributed by atoms with Crippen LogP contribution in [0.25, 0.3) is 0 Å². The van der Waals surface area contributed by atoms with Gasteiger partial charge in [0.2, 0.25) is 0 Å². The number of Topliss-reactive ketones (excluding diaryl/α,β-unsaturated/α-hetero) is 1. The van der Waals surface area contributed by atoms with Gasteiger partial charge < -0.3 is 10.2 Å². The van der Waals surface area contributed by atoms with Gasteiger partial charge in [-0.3, -0.25) is 4.79 Å². The number of hydrogen-bond donors (Lipinski definition) is 2. The molecule has 0 heterocycles. The van der Waals surface area contributed by atoms with Crippen molar-refractivity contribution in [1.82, 2.24) is 0 Å². The molecule has 156 valence electrons. The van der Waals surface area contributed by atoms with Crippen molar-refractivity contribution < 1.29 is 15.0 Å². The molecule has 0 saturated carbocycles. The van der Waals surface area contributed by atoms with E-state index in [9.17, 15) is 15.0 Å². The maximum absolute atomic E-state index is 12.7. The maximum Gasteiger partial charge on any atom is 0.141 e. The highest BCUT2D eigenvalue weighted by Crippen LogP contribution is 2.42. The molecule has 0 aromatic carbocycles. The standard InChI is InChI=1S/C25H38O3/c1-22(2,3)20-15-17(9-11-24(20,7)27)13-19(26)14-18-10-12-25(8,28)21(16-18)23(4,5)6/h9-10,15-16,27-28H,11-14H2,1-8H3. The molecule has 2 aliphatic carbocycles. The Labute approximate surface area is 170 Å². The minimum atomic E-state index is -0.855. The molecule has 0 aliphatic heterocycles. The summed E-state index contributed by atoms with van der Waals surface area (Å²) in [6, 6.07) is 0. The van der Waals surface area contributed by atoms with Gasteiger partial charge in [0, 0.05) is 12.8 Å². The van der Waals surface area contributed by atoms with E-state index in [4.69, 9.17) is 0 Å². The number of ketones is 1. The van der Waals surface area contributed by atoms with E-state index in [-0.39, 0.29) is 16.6 Å². The predicted octanol–water partition coefficient (Wildman–Crippen LogP) is 5.44. The first-order chi connectivity index (χ1) is 12.5. The van der Waals surface area contributed by atoms with Gasteiger partial charge in [-0.15, -0.1) is 0 Å². The first-order valence-corrected chi connectivity index (χ1v) is 10.3. The summed E-state index contributed by atoms with van der Waals surface area (Å²) in [5, 5.41) is 21.4. The molecule has 3 heteroatoms. The van der Waals surface area contributed by atoms with E-state index >= 15 is 0 Å². The van der Waals surface area contributed by atoms with Crippen molar-refractivity contribution >= 4 is 5.78 Å². The fraction of sp³-hybridized carbons (Fsp3) is 0.640. The van der Waals surface area contributed by atoms with Crippen LogP contribution < -0.4 is 0 Å². The highest BCUT2D eigenvalue weighted by molar-refractivity contribution is 5.84. The quantitative estimate of drug-likeness (QED) is 0.676. The second-order valence-electron chi connectivity index (χ2n) is 11.0. The highest BCUT2D eigenvalue weighted by Gasteiger charge is 2.36. The average Bonchev–Trinajstić information content (AvgIpc) is 2.48. The molecule has 3 nitrogen and oxygen atoms in total. The highest BCUT2D eigenvalue weighted by atomic mass is 16.3. The Morgan fingerprint density at radius 3 is 1.43 bits per heavy atom. The van der Waals surface area contributed by atoms with Gasteiger partial charge in [0.25, 0.3) is 0 Å². The molecule has 0 aromatic rings. The van der Waals surface area contributed by atoms with Crippen molar-refractivity contribution in [3.05, 3.63) is 46.6 Å². The maximum atomic E-state index is 12.7. The van der Waals surface area contributed by atoms with Gasteiger partial charge in [0.05, 0.1) is 11.2 Å². The number of hydrogen-bond acceptors (Lipinski definition) is 3. The molecule has 2 aliphatic rings. The summed E-state index contributed by atoms with van der Waals surface area (Å²) < 4.78 is 0. The molecule has 0 fully saturated rings. The van der Waals surface area contributed by atoms with Crippen molar-refractivity contribution in [2.75, 3.05) is 0 Å². The number of allylic oxidation sites excluding steroid dienone is 4. The van der Waals surface area contributed by atoms with Crippen molar-refractivity contribution in [1.29, 1.82) is 0 Å². The Balaban J connectivity index is 2.13. The summed E-state index contributed by atoms with van der Waals surface area (Å²) in [5.41, 5.74) is 1.94. The summed E-state index contributed by atoms with van der Waals surface area (Å²) >= 11 is 0. The SMILES string of the molecule is CC(C)(C)C1=CC(CC(=O)CC2=CCC(C)(O)C(C(C)(C)C)=C2)=CCC1(C)O. The van der Waals surface area contributed by atoms with Gasteiger partial charge in [-0.1, -0.05) is 65.8 Å². The van der Waals surface area contributed by atoms with Crippen LogP contribution in [-0.2, 0) is 4.79 Å². The van der Waals surface area contributed by atoms with E-state index in [0.29, 0.717) is 25.7 Å². The molecular weight excluding hydrogens is 348 g/mol. The zero-order valence-corrected chi connectivity index (χ0v) is 18.9. The summed E-state index contributed by atoms with van der Waals surface area (Å²) in [6.07, 6.45) is 9.84. The molecule has 0 aromatic heterocycles. The third-order valence-electron chi connectivity index (χ3n) is 5.76. The van der Waals surface area contributed by atoms with E-state index in [1.54, 1.807) is 0 Å². The molecule has 0 spiro atoms. The lowest BCUT2D eigenvalue weighted by Gasteiger charge is -2.38. The van der Waals surface area contributed by atoms with E-state index in [0.717, 1.165) is 22.3 Å². The van der Waals surface area contributed by atoms with Crippen molar-refractivity contribution in [2.45, 2.75) is 92.3 Å². The molecule has 0 bridgehead atoms. The zero-order chi connectivity index (χ0) is 21.5. The first kappa shape index (κ1) is 22.8. The lowest BCUT2D eigenvalue weighted by atomic mass is 9.71. The van der Waals surface area contributed by atoms with Gasteiger partial charge in [-0.05, 0) is 59.8 Å². The van der Waals surface area contributed by atoms with E-state index in [2.05, 4.69) is 41.5 Å². The van der Waals surface area contributed by atoms with Crippen LogP contribution in [0.4, 0.5) is 0 Å². The monoisotopic (exact) mass is 386 g/mol. The third kappa shape index (κ3) is 5.33. The Morgan fingerprint density at radius 1 is 0.821 bits per heavy atom. The van der Waals surface area contributed by atoms with Gasteiger partial charge in [0.1, 0.15) is 5.78 Å². The molecule has 28 heavy (non-hydrogen) atoms. The second kappa shape index (κ2) is 7.42. The van der Waals surface area contributed by atoms with E-state index < -0.39 is 11.2 Å². The van der Waals surface area contributed by atoms with Gasteiger partial charge in [-0.25, -0.2) is 0 Å². The van der Waals surface area contributed by atoms with Crippen molar-refractivity contribution in [3.63, 3.8) is 0 Å². The zero-order valence-electron chi connectivity index (χ0n) is 18.9. The van der Waals surface area contributed by atoms with Crippen LogP contribution >= 0.6 is 0 Å². The lowest BCUT2D eigenvalue weighted by Crippen LogP contribution is -2.35. The van der Waals surface area contributed by atoms with E-state index in [1.165, 1.54) is 0 Å². The summed E-state index contributed by atoms with van der Waals surface area (Å²) in [4.78, 5) is 12.7. The summed E-state index contributed by atoms with van der Waals surface area (Å²) in [5.74, 6) is 0.162. The molecule has 2 N–H and O–H groups in total. The third-order valence-corrected chi connectivity index (χ3v) is 5.76. The predicted molar refractivity (Wildman–Crippen MR) is 116 cm³/mol. The Hall–Kier alpha value is -1.45. The Kier molecular flexibility index (Phi) is 6.05. The van der Waals surface area contributed by atoms with Crippen molar-refractivity contribution in [2.24, 2.45) is 10.8 Å². The van der Waals surface area contributed by atoms with Crippen LogP contribution in [0.15, 0.2) is 46.6 Å². The van der Waals surface area contributed by atoms with Crippen LogP contribution in [0.5, 0.6) is 0 Å². The smallest absolute Gasteiger partial charge is 0.141 e. The van der Waals surface area contributed by atoms with Crippen molar-refractivity contribution in [3.8, 4) is 0 Å². The largest absolute Gasteiger partial charge is 0.385 e. The molecule has 0 radical (unpaired) electrons. The van der Waals surface area contributed by atoms with Gasteiger partial charge in [-0.2, -0.15) is 0 Å². The van der Waals surface area contributed by atoms with Crippen LogP contribution in [-0.4, -0.2) is 27.2 Å². The molecule has 2 atom stereocenters. The van der Waals surface area contributed by atoms with Crippen LogP contribution in [0.1, 0.15) is 81.1 Å². The number of carbonyl (C=O) groups is 1. The fourth-order valence-electron chi connectivity index (χ4n) is 4.49. The van der Waals surface area contributed by atoms with Gasteiger partial charge in [0.15, 0.2) is 0 Å². The molecule has 2 rings (SSSR count). The van der Waals surface area contributed by atoms with Crippen LogP contribution in [0.3, 0.4) is 0 Å². The number of aliphatic hydroxyl groups is 2. The molecule has 0 saturated heterocycles. The molecular formula is C25H38O3. The molecule has 2 unspecified atom stereocenters. The van der Waals surface area contributed by atoms with Crippen LogP contribution in [0, 0.1) is 10.8 Å². The molecule has 0 amide bonds. The minimum Gasteiger partial charge on any atom is -0.385 e. The number of rotatable bonds is 4. The summed E-state index contributed by atoms with van der Waals surface area (Å²) in [7, 11) is 0. The lowest BCUT2D eigenvalue weighted by molar-refractivity contribution is -0.117. The first-order valence-electron chi connectivity index (χ1n) is 10.3. The second-order valence-corrected chi connectivity index (χ2v) is 11.0. The number of carbonyl (C=O) groups excluding carboxylic acids is 1.